The van der Waals surface area contributed by atoms with E-state index in [4.69, 9.17) is 21.8 Å². The van der Waals surface area contributed by atoms with Gasteiger partial charge in [-0.25, -0.2) is 0 Å². The van der Waals surface area contributed by atoms with Crippen LogP contribution in [0.3, 0.4) is 0 Å². The molecule has 0 spiro atoms. The molecule has 0 aliphatic heterocycles. The van der Waals surface area contributed by atoms with Crippen molar-refractivity contribution >= 4 is 24.0 Å². The van der Waals surface area contributed by atoms with Crippen molar-refractivity contribution in [2.75, 3.05) is 0 Å². The SMILES string of the molecule is CCC(C)[C@@H](N)c1ccc(Cl)o1.Cl. The molecule has 1 rings (SSSR count). The highest BCUT2D eigenvalue weighted by atomic mass is 35.5. The van der Waals surface area contributed by atoms with Crippen molar-refractivity contribution in [3.63, 3.8) is 0 Å². The van der Waals surface area contributed by atoms with Crippen molar-refractivity contribution in [1.82, 2.24) is 0 Å². The molecule has 0 fully saturated rings. The molecule has 0 aliphatic rings. The van der Waals surface area contributed by atoms with Crippen molar-refractivity contribution < 1.29 is 4.42 Å². The van der Waals surface area contributed by atoms with E-state index < -0.39 is 0 Å². The number of nitrogens with two attached hydrogens (primary N) is 1. The van der Waals surface area contributed by atoms with Crippen LogP contribution in [0.2, 0.25) is 5.22 Å². The summed E-state index contributed by atoms with van der Waals surface area (Å²) >= 11 is 5.63. The van der Waals surface area contributed by atoms with Crippen molar-refractivity contribution in [3.8, 4) is 0 Å². The lowest BCUT2D eigenvalue weighted by atomic mass is 9.98. The molecule has 1 unspecified atom stereocenters. The van der Waals surface area contributed by atoms with E-state index >= 15 is 0 Å². The quantitative estimate of drug-likeness (QED) is 0.854. The summed E-state index contributed by atoms with van der Waals surface area (Å²) in [5.74, 6) is 1.20. The van der Waals surface area contributed by atoms with Crippen molar-refractivity contribution in [3.05, 3.63) is 23.1 Å². The van der Waals surface area contributed by atoms with Crippen LogP contribution >= 0.6 is 24.0 Å². The van der Waals surface area contributed by atoms with Gasteiger partial charge in [-0.05, 0) is 29.7 Å². The second kappa shape index (κ2) is 5.53. The zero-order valence-electron chi connectivity index (χ0n) is 7.79. The topological polar surface area (TPSA) is 39.2 Å². The molecule has 0 radical (unpaired) electrons. The molecule has 1 aromatic heterocycles. The van der Waals surface area contributed by atoms with E-state index in [1.807, 2.05) is 6.07 Å². The highest BCUT2D eigenvalue weighted by Crippen LogP contribution is 2.25. The number of hydrogen-bond donors (Lipinski definition) is 1. The van der Waals surface area contributed by atoms with Crippen molar-refractivity contribution in [2.45, 2.75) is 26.3 Å². The van der Waals surface area contributed by atoms with Crippen LogP contribution in [0.5, 0.6) is 0 Å². The predicted molar refractivity (Wildman–Crippen MR) is 57.3 cm³/mol. The summed E-state index contributed by atoms with van der Waals surface area (Å²) in [7, 11) is 0. The third-order valence-electron chi connectivity index (χ3n) is 2.18. The summed E-state index contributed by atoms with van der Waals surface area (Å²) in [5, 5.41) is 0.406. The molecule has 0 saturated carbocycles. The minimum Gasteiger partial charge on any atom is -0.448 e. The summed E-state index contributed by atoms with van der Waals surface area (Å²) in [6.45, 7) is 4.20. The largest absolute Gasteiger partial charge is 0.448 e. The second-order valence-electron chi connectivity index (χ2n) is 3.05. The molecule has 1 aromatic rings. The Labute approximate surface area is 89.8 Å². The van der Waals surface area contributed by atoms with E-state index in [2.05, 4.69) is 13.8 Å². The van der Waals surface area contributed by atoms with E-state index in [1.54, 1.807) is 6.07 Å². The minimum atomic E-state index is -0.0394. The molecule has 13 heavy (non-hydrogen) atoms. The Morgan fingerprint density at radius 3 is 2.54 bits per heavy atom. The molecule has 2 atom stereocenters. The highest BCUT2D eigenvalue weighted by Gasteiger charge is 2.16. The Balaban J connectivity index is 0.00000144. The van der Waals surface area contributed by atoms with Gasteiger partial charge < -0.3 is 10.2 Å². The molecule has 4 heteroatoms. The number of hydrogen-bond acceptors (Lipinski definition) is 2. The predicted octanol–water partition coefficient (Wildman–Crippen LogP) is 3.40. The van der Waals surface area contributed by atoms with Gasteiger partial charge in [-0.3, -0.25) is 0 Å². The fourth-order valence-electron chi connectivity index (χ4n) is 1.04. The Hall–Kier alpha value is -0.180. The fourth-order valence-corrected chi connectivity index (χ4v) is 1.19. The lowest BCUT2D eigenvalue weighted by molar-refractivity contribution is 0.377. The van der Waals surface area contributed by atoms with Gasteiger partial charge in [0.25, 0.3) is 0 Å². The van der Waals surface area contributed by atoms with Crippen LogP contribution in [-0.4, -0.2) is 0 Å². The summed E-state index contributed by atoms with van der Waals surface area (Å²) < 4.78 is 5.21. The lowest BCUT2D eigenvalue weighted by Gasteiger charge is -2.15. The van der Waals surface area contributed by atoms with Crippen LogP contribution in [-0.2, 0) is 0 Å². The Morgan fingerprint density at radius 2 is 2.15 bits per heavy atom. The van der Waals surface area contributed by atoms with Crippen LogP contribution in [0.25, 0.3) is 0 Å². The standard InChI is InChI=1S/C9H14ClNO.ClH/c1-3-6(2)9(11)7-4-5-8(10)12-7;/h4-6,9H,3,11H2,1-2H3;1H/t6?,9-;/m1./s1. The van der Waals surface area contributed by atoms with Gasteiger partial charge in [0, 0.05) is 0 Å². The normalized spacial score (nSPS) is 14.8. The summed E-state index contributed by atoms with van der Waals surface area (Å²) in [6.07, 6.45) is 1.04. The smallest absolute Gasteiger partial charge is 0.193 e. The molecule has 0 amide bonds. The van der Waals surface area contributed by atoms with Gasteiger partial charge in [0.15, 0.2) is 5.22 Å². The Kier molecular flexibility index (Phi) is 5.45. The number of halogens is 2. The molecular formula is C9H15Cl2NO. The van der Waals surface area contributed by atoms with E-state index in [0.29, 0.717) is 11.1 Å². The van der Waals surface area contributed by atoms with E-state index in [9.17, 15) is 0 Å². The van der Waals surface area contributed by atoms with E-state index in [0.717, 1.165) is 12.2 Å². The van der Waals surface area contributed by atoms with Crippen molar-refractivity contribution in [1.29, 1.82) is 0 Å². The van der Waals surface area contributed by atoms with Crippen molar-refractivity contribution in [2.24, 2.45) is 11.7 Å². The van der Waals surface area contributed by atoms with E-state index in [-0.39, 0.29) is 18.4 Å². The first kappa shape index (κ1) is 12.8. The number of rotatable bonds is 3. The number of furan rings is 1. The second-order valence-corrected chi connectivity index (χ2v) is 3.43. The van der Waals surface area contributed by atoms with Crippen LogP contribution in [0, 0.1) is 5.92 Å². The molecule has 0 aromatic carbocycles. The highest BCUT2D eigenvalue weighted by molar-refractivity contribution is 6.28. The van der Waals surface area contributed by atoms with Gasteiger partial charge in [0.1, 0.15) is 5.76 Å². The van der Waals surface area contributed by atoms with Gasteiger partial charge in [-0.1, -0.05) is 20.3 Å². The van der Waals surface area contributed by atoms with Gasteiger partial charge in [0.05, 0.1) is 6.04 Å². The van der Waals surface area contributed by atoms with E-state index in [1.165, 1.54) is 0 Å². The minimum absolute atomic E-state index is 0. The average Bonchev–Trinajstić information content (AvgIpc) is 2.49. The van der Waals surface area contributed by atoms with Crippen LogP contribution in [0.4, 0.5) is 0 Å². The monoisotopic (exact) mass is 223 g/mol. The summed E-state index contributed by atoms with van der Waals surface area (Å²) in [4.78, 5) is 0. The Morgan fingerprint density at radius 1 is 1.54 bits per heavy atom. The molecule has 0 saturated heterocycles. The van der Waals surface area contributed by atoms with Crippen LogP contribution in [0.1, 0.15) is 32.1 Å². The summed E-state index contributed by atoms with van der Waals surface area (Å²) in [5.41, 5.74) is 5.91. The van der Waals surface area contributed by atoms with Gasteiger partial charge >= 0.3 is 0 Å². The lowest BCUT2D eigenvalue weighted by Crippen LogP contribution is -2.17. The maximum absolute atomic E-state index is 5.91. The zero-order chi connectivity index (χ0) is 9.14. The van der Waals surface area contributed by atoms with Gasteiger partial charge in [-0.2, -0.15) is 0 Å². The molecule has 0 bridgehead atoms. The third-order valence-corrected chi connectivity index (χ3v) is 2.38. The zero-order valence-corrected chi connectivity index (χ0v) is 9.36. The fraction of sp³-hybridized carbons (Fsp3) is 0.556. The molecular weight excluding hydrogens is 209 g/mol. The molecule has 2 N–H and O–H groups in total. The Bertz CT molecular complexity index is 250. The molecule has 76 valence electrons. The molecule has 1 heterocycles. The van der Waals surface area contributed by atoms with Crippen LogP contribution < -0.4 is 5.73 Å². The summed E-state index contributed by atoms with van der Waals surface area (Å²) in [6, 6.07) is 3.51. The molecule has 0 aliphatic carbocycles. The van der Waals surface area contributed by atoms with Gasteiger partial charge in [0.2, 0.25) is 0 Å². The third kappa shape index (κ3) is 3.22. The van der Waals surface area contributed by atoms with Gasteiger partial charge in [-0.15, -0.1) is 12.4 Å². The first-order valence-corrected chi connectivity index (χ1v) is 4.53. The maximum atomic E-state index is 5.91. The first-order chi connectivity index (χ1) is 5.65. The average molecular weight is 224 g/mol. The maximum Gasteiger partial charge on any atom is 0.193 e. The molecule has 2 nitrogen and oxygen atoms in total. The van der Waals surface area contributed by atoms with Crippen LogP contribution in [0.15, 0.2) is 16.5 Å². The first-order valence-electron chi connectivity index (χ1n) is 4.16.